The predicted molar refractivity (Wildman–Crippen MR) is 92.6 cm³/mol. The Morgan fingerprint density at radius 2 is 1.88 bits per heavy atom. The smallest absolute Gasteiger partial charge is 0.226 e. The standard InChI is InChI=1S/C17H11Cl2FN4/c18-13-3-1-2-12(16(13)19)15-8-14(10-4-6-11(20)7-5-10)23-17-21-9-22-24(15)17/h1-9,15H,(H,21,22,23). The normalized spacial score (nSPS) is 16.3. The van der Waals surface area contributed by atoms with Gasteiger partial charge in [0.1, 0.15) is 18.2 Å². The first-order chi connectivity index (χ1) is 11.6. The third kappa shape index (κ3) is 2.56. The van der Waals surface area contributed by atoms with Gasteiger partial charge in [-0.05, 0) is 42.0 Å². The van der Waals surface area contributed by atoms with Gasteiger partial charge < -0.3 is 5.32 Å². The molecule has 0 spiro atoms. The van der Waals surface area contributed by atoms with Gasteiger partial charge in [0.2, 0.25) is 5.95 Å². The lowest BCUT2D eigenvalue weighted by molar-refractivity contribution is 0.612. The highest BCUT2D eigenvalue weighted by Crippen LogP contribution is 2.37. The van der Waals surface area contributed by atoms with Crippen LogP contribution in [0.2, 0.25) is 10.0 Å². The number of fused-ring (bicyclic) bond motifs is 1. The summed E-state index contributed by atoms with van der Waals surface area (Å²) < 4.78 is 14.9. The van der Waals surface area contributed by atoms with Crippen LogP contribution in [0.4, 0.5) is 10.3 Å². The molecule has 0 saturated carbocycles. The van der Waals surface area contributed by atoms with E-state index in [1.807, 2.05) is 18.2 Å². The summed E-state index contributed by atoms with van der Waals surface area (Å²) in [5.74, 6) is 0.297. The zero-order chi connectivity index (χ0) is 16.7. The Bertz CT molecular complexity index is 934. The van der Waals surface area contributed by atoms with Crippen LogP contribution in [0.3, 0.4) is 0 Å². The van der Waals surface area contributed by atoms with Crippen molar-refractivity contribution < 1.29 is 4.39 Å². The molecule has 1 unspecified atom stereocenters. The minimum absolute atomic E-state index is 0.269. The lowest BCUT2D eigenvalue weighted by Crippen LogP contribution is -2.20. The summed E-state index contributed by atoms with van der Waals surface area (Å²) in [4.78, 5) is 4.23. The molecule has 1 aliphatic heterocycles. The van der Waals surface area contributed by atoms with Gasteiger partial charge in [0.25, 0.3) is 0 Å². The summed E-state index contributed by atoms with van der Waals surface area (Å²) in [6, 6.07) is 11.4. The fourth-order valence-corrected chi connectivity index (χ4v) is 3.12. The molecule has 24 heavy (non-hydrogen) atoms. The summed E-state index contributed by atoms with van der Waals surface area (Å²) in [5, 5.41) is 8.41. The van der Waals surface area contributed by atoms with Gasteiger partial charge in [-0.25, -0.2) is 9.07 Å². The molecule has 0 radical (unpaired) electrons. The average molecular weight is 361 g/mol. The minimum atomic E-state index is -0.284. The third-order valence-corrected chi connectivity index (χ3v) is 4.70. The van der Waals surface area contributed by atoms with E-state index in [9.17, 15) is 4.39 Å². The van der Waals surface area contributed by atoms with E-state index in [0.29, 0.717) is 16.0 Å². The van der Waals surface area contributed by atoms with Gasteiger partial charge in [0, 0.05) is 11.3 Å². The van der Waals surface area contributed by atoms with E-state index >= 15 is 0 Å². The number of halogens is 3. The largest absolute Gasteiger partial charge is 0.324 e. The molecule has 7 heteroatoms. The van der Waals surface area contributed by atoms with Crippen molar-refractivity contribution in [2.24, 2.45) is 0 Å². The Morgan fingerprint density at radius 3 is 2.67 bits per heavy atom. The van der Waals surface area contributed by atoms with Crippen LogP contribution in [0.15, 0.2) is 54.9 Å². The number of rotatable bonds is 2. The lowest BCUT2D eigenvalue weighted by Gasteiger charge is -2.25. The maximum Gasteiger partial charge on any atom is 0.226 e. The van der Waals surface area contributed by atoms with Crippen molar-refractivity contribution in [2.75, 3.05) is 5.32 Å². The maximum absolute atomic E-state index is 13.2. The number of nitrogens with one attached hydrogen (secondary N) is 1. The number of benzene rings is 2. The highest BCUT2D eigenvalue weighted by Gasteiger charge is 2.25. The molecule has 0 fully saturated rings. The van der Waals surface area contributed by atoms with Crippen LogP contribution in [0.1, 0.15) is 17.2 Å². The Morgan fingerprint density at radius 1 is 1.08 bits per heavy atom. The Labute approximate surface area is 147 Å². The number of aromatic nitrogens is 3. The fraction of sp³-hybridized carbons (Fsp3) is 0.0588. The second kappa shape index (κ2) is 5.92. The summed E-state index contributed by atoms with van der Waals surface area (Å²) in [6.07, 6.45) is 3.43. The van der Waals surface area contributed by atoms with Crippen molar-refractivity contribution in [3.05, 3.63) is 81.9 Å². The number of allylic oxidation sites excluding steroid dienone is 1. The summed E-state index contributed by atoms with van der Waals surface area (Å²) in [6.45, 7) is 0. The van der Waals surface area contributed by atoms with E-state index in [1.165, 1.54) is 18.5 Å². The van der Waals surface area contributed by atoms with E-state index in [4.69, 9.17) is 23.2 Å². The van der Waals surface area contributed by atoms with Gasteiger partial charge >= 0.3 is 0 Å². The second-order valence-electron chi connectivity index (χ2n) is 5.33. The van der Waals surface area contributed by atoms with Gasteiger partial charge in [-0.15, -0.1) is 0 Å². The molecular formula is C17H11Cl2FN4. The summed E-state index contributed by atoms with van der Waals surface area (Å²) in [5.41, 5.74) is 2.46. The minimum Gasteiger partial charge on any atom is -0.324 e. The van der Waals surface area contributed by atoms with E-state index in [2.05, 4.69) is 15.4 Å². The van der Waals surface area contributed by atoms with Crippen molar-refractivity contribution >= 4 is 34.8 Å². The molecule has 0 amide bonds. The van der Waals surface area contributed by atoms with Gasteiger partial charge in [0.05, 0.1) is 10.0 Å². The van der Waals surface area contributed by atoms with Gasteiger partial charge in [0.15, 0.2) is 0 Å². The topological polar surface area (TPSA) is 42.7 Å². The number of hydrogen-bond donors (Lipinski definition) is 1. The van der Waals surface area contributed by atoms with Crippen LogP contribution in [0, 0.1) is 5.82 Å². The van der Waals surface area contributed by atoms with E-state index in [0.717, 1.165) is 16.8 Å². The van der Waals surface area contributed by atoms with Gasteiger partial charge in [-0.2, -0.15) is 10.1 Å². The lowest BCUT2D eigenvalue weighted by atomic mass is 10.0. The first kappa shape index (κ1) is 15.2. The van der Waals surface area contributed by atoms with E-state index in [1.54, 1.807) is 22.9 Å². The molecule has 2 aromatic carbocycles. The highest BCUT2D eigenvalue weighted by molar-refractivity contribution is 6.42. The zero-order valence-corrected chi connectivity index (χ0v) is 13.8. The van der Waals surface area contributed by atoms with E-state index < -0.39 is 0 Å². The molecule has 0 saturated heterocycles. The van der Waals surface area contributed by atoms with Crippen LogP contribution in [0.25, 0.3) is 5.70 Å². The third-order valence-electron chi connectivity index (χ3n) is 3.86. The molecule has 1 aliphatic rings. The SMILES string of the molecule is Fc1ccc(C2=CC(c3cccc(Cl)c3Cl)n3ncnc3N2)cc1. The first-order valence-corrected chi connectivity index (χ1v) is 7.97. The van der Waals surface area contributed by atoms with Crippen LogP contribution < -0.4 is 5.32 Å². The van der Waals surface area contributed by atoms with Crippen molar-refractivity contribution in [2.45, 2.75) is 6.04 Å². The Hall–Kier alpha value is -2.37. The molecule has 3 aromatic rings. The molecule has 1 atom stereocenters. The maximum atomic E-state index is 13.2. The van der Waals surface area contributed by atoms with Crippen molar-refractivity contribution in [1.82, 2.24) is 14.8 Å². The molecule has 1 aromatic heterocycles. The first-order valence-electron chi connectivity index (χ1n) is 7.21. The number of nitrogens with zero attached hydrogens (tertiary/aromatic N) is 3. The zero-order valence-electron chi connectivity index (χ0n) is 12.2. The summed E-state index contributed by atoms with van der Waals surface area (Å²) in [7, 11) is 0. The Kier molecular flexibility index (Phi) is 3.75. The fourth-order valence-electron chi connectivity index (χ4n) is 2.70. The van der Waals surface area contributed by atoms with Gasteiger partial charge in [-0.3, -0.25) is 0 Å². The van der Waals surface area contributed by atoms with Gasteiger partial charge in [-0.1, -0.05) is 35.3 Å². The molecule has 4 nitrogen and oxygen atoms in total. The molecule has 0 aliphatic carbocycles. The van der Waals surface area contributed by atoms with Crippen molar-refractivity contribution in [3.8, 4) is 0 Å². The monoisotopic (exact) mass is 360 g/mol. The number of hydrogen-bond acceptors (Lipinski definition) is 3. The van der Waals surface area contributed by atoms with E-state index in [-0.39, 0.29) is 11.9 Å². The molecular weight excluding hydrogens is 350 g/mol. The van der Waals surface area contributed by atoms with Crippen LogP contribution in [-0.2, 0) is 0 Å². The predicted octanol–water partition coefficient (Wildman–Crippen LogP) is 4.78. The average Bonchev–Trinajstić information content (AvgIpc) is 3.06. The molecule has 0 bridgehead atoms. The van der Waals surface area contributed by atoms with Crippen LogP contribution >= 0.6 is 23.2 Å². The number of anilines is 1. The Balaban J connectivity index is 1.85. The van der Waals surface area contributed by atoms with Crippen LogP contribution in [-0.4, -0.2) is 14.8 Å². The van der Waals surface area contributed by atoms with Crippen LogP contribution in [0.5, 0.6) is 0 Å². The highest BCUT2D eigenvalue weighted by atomic mass is 35.5. The molecule has 120 valence electrons. The second-order valence-corrected chi connectivity index (χ2v) is 6.11. The molecule has 2 heterocycles. The molecule has 4 rings (SSSR count). The van der Waals surface area contributed by atoms with Crippen molar-refractivity contribution in [3.63, 3.8) is 0 Å². The quantitative estimate of drug-likeness (QED) is 0.714. The summed E-state index contributed by atoms with van der Waals surface area (Å²) >= 11 is 12.5. The van der Waals surface area contributed by atoms with Crippen molar-refractivity contribution in [1.29, 1.82) is 0 Å². The molecule has 1 N–H and O–H groups in total.